The molecule has 0 unspecified atom stereocenters. The second-order valence-corrected chi connectivity index (χ2v) is 11.5. The van der Waals surface area contributed by atoms with Crippen molar-refractivity contribution in [3.8, 4) is 33.7 Å². The van der Waals surface area contributed by atoms with E-state index in [4.69, 9.17) is 19.9 Å². The number of nitrogens with zero attached hydrogens (tertiary/aromatic N) is 2. The van der Waals surface area contributed by atoms with Crippen LogP contribution in [0.2, 0.25) is 0 Å². The summed E-state index contributed by atoms with van der Waals surface area (Å²) in [6.07, 6.45) is 3.63. The van der Waals surface area contributed by atoms with E-state index in [0.717, 1.165) is 38.8 Å². The molecule has 1 aliphatic rings. The number of nitrogens with two attached hydrogens (primary N) is 1. The minimum absolute atomic E-state index is 0.0714. The number of carbonyl (C=O) groups excluding carboxylic acids is 2. The molecule has 226 valence electrons. The third-order valence-corrected chi connectivity index (χ3v) is 8.29. The molecule has 2 aromatic carbocycles. The number of thiazole rings is 1. The molecule has 0 aliphatic carbocycles. The first-order valence-corrected chi connectivity index (χ1v) is 15.3. The van der Waals surface area contributed by atoms with E-state index in [1.807, 2.05) is 13.8 Å². The second kappa shape index (κ2) is 14.4. The third-order valence-electron chi connectivity index (χ3n) is 7.43. The molecule has 3 aromatic rings. The second-order valence-electron chi connectivity index (χ2n) is 10.6. The molecule has 11 heteroatoms. The van der Waals surface area contributed by atoms with E-state index < -0.39 is 5.91 Å². The van der Waals surface area contributed by atoms with Crippen LogP contribution in [0.5, 0.6) is 23.1 Å². The number of benzene rings is 2. The largest absolute Gasteiger partial charge is 0.493 e. The molecule has 42 heavy (non-hydrogen) atoms. The lowest BCUT2D eigenvalue weighted by atomic mass is 10.1. The van der Waals surface area contributed by atoms with Gasteiger partial charge in [-0.25, -0.2) is 9.78 Å². The van der Waals surface area contributed by atoms with Gasteiger partial charge in [-0.3, -0.25) is 4.79 Å². The quantitative estimate of drug-likeness (QED) is 0.225. The average Bonchev–Trinajstić information content (AvgIpc) is 3.45. The molecule has 4 N–H and O–H groups in total. The van der Waals surface area contributed by atoms with Crippen molar-refractivity contribution in [3.05, 3.63) is 47.3 Å². The Morgan fingerprint density at radius 3 is 2.43 bits per heavy atom. The Kier molecular flexibility index (Phi) is 10.6. The Labute approximate surface area is 251 Å². The summed E-state index contributed by atoms with van der Waals surface area (Å²) in [6.45, 7) is 10.4. The Morgan fingerprint density at radius 1 is 1.07 bits per heavy atom. The van der Waals surface area contributed by atoms with Gasteiger partial charge in [0, 0.05) is 42.5 Å². The summed E-state index contributed by atoms with van der Waals surface area (Å²) in [7, 11) is 1.54. The van der Waals surface area contributed by atoms with Crippen LogP contribution in [0.4, 0.5) is 10.5 Å². The number of hydrogen-bond acceptors (Lipinski definition) is 8. The van der Waals surface area contributed by atoms with Crippen molar-refractivity contribution in [2.45, 2.75) is 71.6 Å². The van der Waals surface area contributed by atoms with Gasteiger partial charge in [-0.1, -0.05) is 13.8 Å². The third kappa shape index (κ3) is 7.92. The molecule has 1 aromatic heterocycles. The van der Waals surface area contributed by atoms with Crippen molar-refractivity contribution in [3.63, 3.8) is 0 Å². The van der Waals surface area contributed by atoms with Crippen LogP contribution in [0.25, 0.3) is 10.6 Å². The SMILES string of the molecule is CCC(CC)NC(=O)Nc1ccc(Oc2csc(-c3cc(C(N)=O)ccc3OC3CCN(C(C)C)CC3)n2)c(OC)c1. The first kappa shape index (κ1) is 31.1. The van der Waals surface area contributed by atoms with E-state index >= 15 is 0 Å². The average molecular weight is 596 g/mol. The van der Waals surface area contributed by atoms with Crippen LogP contribution in [0.3, 0.4) is 0 Å². The van der Waals surface area contributed by atoms with Gasteiger partial charge in [-0.2, -0.15) is 0 Å². The number of methoxy groups -OCH3 is 1. The molecule has 0 bridgehead atoms. The predicted octanol–water partition coefficient (Wildman–Crippen LogP) is 6.27. The lowest BCUT2D eigenvalue weighted by Gasteiger charge is -2.34. The molecule has 1 saturated heterocycles. The van der Waals surface area contributed by atoms with Gasteiger partial charge in [-0.05, 0) is 69.9 Å². The van der Waals surface area contributed by atoms with Crippen LogP contribution in [0.15, 0.2) is 41.8 Å². The van der Waals surface area contributed by atoms with Crippen LogP contribution in [-0.4, -0.2) is 60.2 Å². The summed E-state index contributed by atoms with van der Waals surface area (Å²) in [5.74, 6) is 1.38. The molecular formula is C31H41N5O5S. The van der Waals surface area contributed by atoms with Crippen LogP contribution in [-0.2, 0) is 0 Å². The van der Waals surface area contributed by atoms with Crippen LogP contribution >= 0.6 is 11.3 Å². The molecule has 2 heterocycles. The van der Waals surface area contributed by atoms with Gasteiger partial charge in [0.05, 0.1) is 18.1 Å². The first-order chi connectivity index (χ1) is 20.2. The number of carbonyl (C=O) groups is 2. The van der Waals surface area contributed by atoms with E-state index in [1.54, 1.807) is 41.8 Å². The minimum atomic E-state index is -0.520. The van der Waals surface area contributed by atoms with Crippen molar-refractivity contribution in [2.75, 3.05) is 25.5 Å². The molecule has 0 atom stereocenters. The smallest absolute Gasteiger partial charge is 0.319 e. The molecule has 4 rings (SSSR count). The highest BCUT2D eigenvalue weighted by atomic mass is 32.1. The zero-order valence-corrected chi connectivity index (χ0v) is 25.8. The molecular weight excluding hydrogens is 554 g/mol. The normalized spacial score (nSPS) is 14.2. The highest BCUT2D eigenvalue weighted by Crippen LogP contribution is 2.39. The van der Waals surface area contributed by atoms with Gasteiger partial charge in [0.25, 0.3) is 0 Å². The number of anilines is 1. The summed E-state index contributed by atoms with van der Waals surface area (Å²) in [5.41, 5.74) is 7.23. The summed E-state index contributed by atoms with van der Waals surface area (Å²) >= 11 is 1.38. The van der Waals surface area contributed by atoms with Crippen molar-refractivity contribution in [2.24, 2.45) is 5.73 Å². The van der Waals surface area contributed by atoms with Gasteiger partial charge in [0.15, 0.2) is 11.5 Å². The standard InChI is InChI=1S/C31H41N5O5S/c1-6-21(7-2)33-31(38)34-22-9-11-26(27(17-22)39-5)41-28-18-42-30(35-28)24-16-20(29(32)37)8-10-25(24)40-23-12-14-36(15-13-23)19(3)4/h8-11,16-19,21,23H,6-7,12-15H2,1-5H3,(H2,32,37)(H2,33,34,38). The number of ether oxygens (including phenoxy) is 3. The zero-order chi connectivity index (χ0) is 30.2. The fourth-order valence-electron chi connectivity index (χ4n) is 4.86. The van der Waals surface area contributed by atoms with Crippen molar-refractivity contribution in [1.29, 1.82) is 0 Å². The van der Waals surface area contributed by atoms with E-state index in [1.165, 1.54) is 18.4 Å². The number of urea groups is 1. The highest BCUT2D eigenvalue weighted by Gasteiger charge is 2.24. The Hall–Kier alpha value is -3.83. The highest BCUT2D eigenvalue weighted by molar-refractivity contribution is 7.13. The zero-order valence-electron chi connectivity index (χ0n) is 24.9. The van der Waals surface area contributed by atoms with Crippen molar-refractivity contribution < 1.29 is 23.8 Å². The molecule has 1 fully saturated rings. The van der Waals surface area contributed by atoms with Crippen molar-refractivity contribution in [1.82, 2.24) is 15.2 Å². The van der Waals surface area contributed by atoms with Crippen LogP contribution in [0, 0.1) is 0 Å². The number of hydrogen-bond donors (Lipinski definition) is 3. The van der Waals surface area contributed by atoms with E-state index in [2.05, 4.69) is 34.4 Å². The summed E-state index contributed by atoms with van der Waals surface area (Å²) in [5, 5.41) is 8.21. The summed E-state index contributed by atoms with van der Waals surface area (Å²) in [4.78, 5) is 31.5. The number of amides is 3. The first-order valence-electron chi connectivity index (χ1n) is 14.4. The predicted molar refractivity (Wildman–Crippen MR) is 166 cm³/mol. The van der Waals surface area contributed by atoms with E-state index in [-0.39, 0.29) is 18.2 Å². The van der Waals surface area contributed by atoms with Gasteiger partial charge in [0.1, 0.15) is 16.9 Å². The number of piperidine rings is 1. The minimum Gasteiger partial charge on any atom is -0.493 e. The lowest BCUT2D eigenvalue weighted by Crippen LogP contribution is -2.41. The fourth-order valence-corrected chi connectivity index (χ4v) is 5.60. The van der Waals surface area contributed by atoms with Crippen molar-refractivity contribution >= 4 is 29.0 Å². The van der Waals surface area contributed by atoms with Gasteiger partial charge < -0.3 is 35.5 Å². The molecule has 3 amide bonds. The Balaban J connectivity index is 1.50. The van der Waals surface area contributed by atoms with Crippen LogP contribution in [0.1, 0.15) is 63.7 Å². The lowest BCUT2D eigenvalue weighted by molar-refractivity contribution is 0.0847. The summed E-state index contributed by atoms with van der Waals surface area (Å²) < 4.78 is 18.0. The summed E-state index contributed by atoms with van der Waals surface area (Å²) in [6, 6.07) is 10.7. The van der Waals surface area contributed by atoms with Gasteiger partial charge in [-0.15, -0.1) is 11.3 Å². The number of nitrogens with one attached hydrogen (secondary N) is 2. The number of likely N-dealkylation sites (tertiary alicyclic amines) is 1. The van der Waals surface area contributed by atoms with Gasteiger partial charge >= 0.3 is 6.03 Å². The van der Waals surface area contributed by atoms with E-state index in [0.29, 0.717) is 51.0 Å². The topological polar surface area (TPSA) is 128 Å². The fraction of sp³-hybridized carbons (Fsp3) is 0.452. The monoisotopic (exact) mass is 595 g/mol. The van der Waals surface area contributed by atoms with E-state index in [9.17, 15) is 9.59 Å². The molecule has 0 spiro atoms. The molecule has 10 nitrogen and oxygen atoms in total. The molecule has 0 radical (unpaired) electrons. The maximum atomic E-state index is 12.4. The van der Waals surface area contributed by atoms with Crippen LogP contribution < -0.4 is 30.6 Å². The maximum Gasteiger partial charge on any atom is 0.319 e. The number of primary amides is 1. The molecule has 0 saturated carbocycles. The Morgan fingerprint density at radius 2 is 1.79 bits per heavy atom. The number of rotatable bonds is 12. The van der Waals surface area contributed by atoms with Gasteiger partial charge in [0.2, 0.25) is 11.8 Å². The number of aromatic nitrogens is 1. The Bertz CT molecular complexity index is 1370. The molecule has 1 aliphatic heterocycles. The maximum absolute atomic E-state index is 12.4.